The van der Waals surface area contributed by atoms with Crippen LogP contribution in [0.2, 0.25) is 0 Å². The maximum atomic E-state index is 13.2. The highest BCUT2D eigenvalue weighted by molar-refractivity contribution is 5.81. The summed E-state index contributed by atoms with van der Waals surface area (Å²) in [6.07, 6.45) is 2.77. The van der Waals surface area contributed by atoms with Crippen LogP contribution in [-0.2, 0) is 5.60 Å². The van der Waals surface area contributed by atoms with Crippen molar-refractivity contribution >= 4 is 11.4 Å². The Balaban J connectivity index is 1.27. The van der Waals surface area contributed by atoms with E-state index < -0.39 is 5.60 Å². The van der Waals surface area contributed by atoms with E-state index in [0.717, 1.165) is 44.7 Å². The van der Waals surface area contributed by atoms with E-state index in [1.807, 2.05) is 6.92 Å². The van der Waals surface area contributed by atoms with Crippen LogP contribution in [0.25, 0.3) is 0 Å². The first-order valence-corrected chi connectivity index (χ1v) is 11.6. The molecule has 1 saturated heterocycles. The molecule has 0 amide bonds. The summed E-state index contributed by atoms with van der Waals surface area (Å²) in [6.45, 7) is 9.65. The highest BCUT2D eigenvalue weighted by Crippen LogP contribution is 2.55. The van der Waals surface area contributed by atoms with Gasteiger partial charge in [-0.05, 0) is 69.0 Å². The quantitative estimate of drug-likeness (QED) is 0.775. The summed E-state index contributed by atoms with van der Waals surface area (Å²) in [7, 11) is 2.20. The number of rotatable bonds is 5. The predicted molar refractivity (Wildman–Crippen MR) is 124 cm³/mol. The van der Waals surface area contributed by atoms with E-state index in [1.54, 1.807) is 12.1 Å². The van der Waals surface area contributed by atoms with Gasteiger partial charge in [-0.25, -0.2) is 4.39 Å². The number of nitrogens with zero attached hydrogens (tertiary/aromatic N) is 3. The van der Waals surface area contributed by atoms with Crippen LogP contribution in [0.4, 0.5) is 15.8 Å². The molecule has 3 atom stereocenters. The zero-order chi connectivity index (χ0) is 21.8. The van der Waals surface area contributed by atoms with Crippen LogP contribution in [0.5, 0.6) is 0 Å². The van der Waals surface area contributed by atoms with Gasteiger partial charge in [0.05, 0.1) is 17.0 Å². The molecular formula is C26H34FN3O. The van der Waals surface area contributed by atoms with E-state index in [0.29, 0.717) is 12.3 Å². The molecule has 0 saturated carbocycles. The minimum atomic E-state index is -0.924. The van der Waals surface area contributed by atoms with E-state index in [9.17, 15) is 9.50 Å². The van der Waals surface area contributed by atoms with Gasteiger partial charge in [0.25, 0.3) is 0 Å². The Bertz CT molecular complexity index is 960. The van der Waals surface area contributed by atoms with Gasteiger partial charge < -0.3 is 19.8 Å². The molecule has 3 aliphatic rings. The highest BCUT2D eigenvalue weighted by atomic mass is 19.1. The lowest BCUT2D eigenvalue weighted by Gasteiger charge is -2.49. The maximum Gasteiger partial charge on any atom is 0.123 e. The number of aliphatic hydroxyl groups is 1. The Kier molecular flexibility index (Phi) is 5.02. The van der Waals surface area contributed by atoms with Crippen LogP contribution >= 0.6 is 0 Å². The average molecular weight is 424 g/mol. The summed E-state index contributed by atoms with van der Waals surface area (Å²) >= 11 is 0. The third-order valence-corrected chi connectivity index (χ3v) is 8.11. The Hall–Kier alpha value is -2.11. The zero-order valence-corrected chi connectivity index (χ0v) is 18.9. The number of hydrogen-bond acceptors (Lipinski definition) is 4. The maximum absolute atomic E-state index is 13.2. The molecule has 0 radical (unpaired) electrons. The largest absolute Gasteiger partial charge is 0.385 e. The molecule has 1 unspecified atom stereocenters. The standard InChI is InChI=1S/C26H34FN3O/c1-25-13-15-29(14-5-12-26(2,31)19-8-10-20(27)11-9-19)18-22(25)21-6-4-7-23-24(21)30(25)17-16-28(23)3/h4,6-11,22,31H,5,12-18H2,1-3H3/t22-,25-,26?/m0/s1. The summed E-state index contributed by atoms with van der Waals surface area (Å²) in [5, 5.41) is 10.9. The van der Waals surface area contributed by atoms with Gasteiger partial charge in [-0.2, -0.15) is 0 Å². The monoisotopic (exact) mass is 423 g/mol. The van der Waals surface area contributed by atoms with Crippen LogP contribution in [-0.4, -0.2) is 55.3 Å². The fourth-order valence-electron chi connectivity index (χ4n) is 6.09. The average Bonchev–Trinajstić information content (AvgIpc) is 3.00. The SMILES string of the molecule is CN1CCN2c3c(cccc31)[C@@H]1CN(CCCC(C)(O)c3ccc(F)cc3)CC[C@@]12C. The normalized spacial score (nSPS) is 27.1. The van der Waals surface area contributed by atoms with Gasteiger partial charge >= 0.3 is 0 Å². The van der Waals surface area contributed by atoms with E-state index in [4.69, 9.17) is 0 Å². The van der Waals surface area contributed by atoms with Gasteiger partial charge in [-0.15, -0.1) is 0 Å². The molecule has 31 heavy (non-hydrogen) atoms. The molecule has 0 aromatic heterocycles. The molecule has 3 aliphatic heterocycles. The first-order chi connectivity index (χ1) is 14.8. The van der Waals surface area contributed by atoms with Crippen molar-refractivity contribution in [1.29, 1.82) is 0 Å². The van der Waals surface area contributed by atoms with Gasteiger partial charge in [-0.3, -0.25) is 0 Å². The number of piperidine rings is 1. The van der Waals surface area contributed by atoms with Gasteiger partial charge in [0.2, 0.25) is 0 Å². The van der Waals surface area contributed by atoms with Gasteiger partial charge in [0, 0.05) is 44.7 Å². The smallest absolute Gasteiger partial charge is 0.123 e. The van der Waals surface area contributed by atoms with Gasteiger partial charge in [-0.1, -0.05) is 24.3 Å². The third-order valence-electron chi connectivity index (χ3n) is 8.11. The summed E-state index contributed by atoms with van der Waals surface area (Å²) in [4.78, 5) is 7.67. The van der Waals surface area contributed by atoms with Crippen molar-refractivity contribution in [3.63, 3.8) is 0 Å². The Morgan fingerprint density at radius 3 is 2.68 bits per heavy atom. The van der Waals surface area contributed by atoms with Crippen molar-refractivity contribution in [2.45, 2.75) is 50.2 Å². The number of hydrogen-bond donors (Lipinski definition) is 1. The Morgan fingerprint density at radius 1 is 1.13 bits per heavy atom. The van der Waals surface area contributed by atoms with Crippen molar-refractivity contribution in [2.75, 3.05) is 49.6 Å². The lowest BCUT2D eigenvalue weighted by atomic mass is 9.78. The first kappa shape index (κ1) is 20.8. The summed E-state index contributed by atoms with van der Waals surface area (Å²) in [6, 6.07) is 13.1. The minimum absolute atomic E-state index is 0.204. The molecule has 4 nitrogen and oxygen atoms in total. The Labute approximate surface area is 185 Å². The fraction of sp³-hybridized carbons (Fsp3) is 0.538. The molecule has 2 aromatic rings. The van der Waals surface area contributed by atoms with Crippen LogP contribution in [0.3, 0.4) is 0 Å². The molecule has 0 spiro atoms. The summed E-state index contributed by atoms with van der Waals surface area (Å²) < 4.78 is 13.2. The number of likely N-dealkylation sites (tertiary alicyclic amines) is 1. The summed E-state index contributed by atoms with van der Waals surface area (Å²) in [5.41, 5.74) is 4.42. The molecule has 1 N–H and O–H groups in total. The van der Waals surface area contributed by atoms with E-state index in [2.05, 4.69) is 46.9 Å². The number of benzene rings is 2. The molecule has 0 aliphatic carbocycles. The zero-order valence-electron chi connectivity index (χ0n) is 18.9. The number of para-hydroxylation sites is 1. The number of likely N-dealkylation sites (N-methyl/N-ethyl adjacent to an activating group) is 1. The Morgan fingerprint density at radius 2 is 1.90 bits per heavy atom. The molecule has 5 heteroatoms. The van der Waals surface area contributed by atoms with E-state index >= 15 is 0 Å². The molecular weight excluding hydrogens is 389 g/mol. The predicted octanol–water partition coefficient (Wildman–Crippen LogP) is 4.33. The van der Waals surface area contributed by atoms with Crippen molar-refractivity contribution < 1.29 is 9.50 Å². The second-order valence-electron chi connectivity index (χ2n) is 10.1. The molecule has 0 bridgehead atoms. The second kappa shape index (κ2) is 7.49. The molecule has 166 valence electrons. The van der Waals surface area contributed by atoms with E-state index in [1.165, 1.54) is 35.5 Å². The van der Waals surface area contributed by atoms with Crippen LogP contribution in [0.1, 0.15) is 50.2 Å². The van der Waals surface area contributed by atoms with E-state index in [-0.39, 0.29) is 11.4 Å². The number of halogens is 1. The highest BCUT2D eigenvalue weighted by Gasteiger charge is 2.52. The van der Waals surface area contributed by atoms with Gasteiger partial charge in [0.15, 0.2) is 0 Å². The lowest BCUT2D eigenvalue weighted by molar-refractivity contribution is 0.0398. The minimum Gasteiger partial charge on any atom is -0.385 e. The van der Waals surface area contributed by atoms with Crippen molar-refractivity contribution in [1.82, 2.24) is 4.90 Å². The molecule has 5 rings (SSSR count). The third kappa shape index (κ3) is 3.42. The number of anilines is 2. The van der Waals surface area contributed by atoms with Crippen LogP contribution in [0.15, 0.2) is 42.5 Å². The molecule has 2 aromatic carbocycles. The van der Waals surface area contributed by atoms with Crippen molar-refractivity contribution in [3.8, 4) is 0 Å². The number of fused-ring (bicyclic) bond motifs is 3. The van der Waals surface area contributed by atoms with Crippen LogP contribution in [0, 0.1) is 5.82 Å². The lowest BCUT2D eigenvalue weighted by Crippen LogP contribution is -2.57. The van der Waals surface area contributed by atoms with Crippen LogP contribution < -0.4 is 9.80 Å². The first-order valence-electron chi connectivity index (χ1n) is 11.6. The second-order valence-corrected chi connectivity index (χ2v) is 10.1. The fourth-order valence-corrected chi connectivity index (χ4v) is 6.09. The summed E-state index contributed by atoms with van der Waals surface area (Å²) in [5.74, 6) is 0.264. The topological polar surface area (TPSA) is 30.0 Å². The van der Waals surface area contributed by atoms with Gasteiger partial charge in [0.1, 0.15) is 5.82 Å². The van der Waals surface area contributed by atoms with Crippen molar-refractivity contribution in [3.05, 3.63) is 59.4 Å². The molecule has 1 fully saturated rings. The molecule has 3 heterocycles. The van der Waals surface area contributed by atoms with Crippen molar-refractivity contribution in [2.24, 2.45) is 0 Å².